The normalized spacial score (nSPS) is 18.9. The van der Waals surface area contributed by atoms with Crippen LogP contribution in [0.5, 0.6) is 0 Å². The molecule has 154 valence electrons. The minimum absolute atomic E-state index is 0.531. The van der Waals surface area contributed by atoms with Crippen molar-refractivity contribution in [3.63, 3.8) is 0 Å². The van der Waals surface area contributed by atoms with E-state index in [2.05, 4.69) is 61.7 Å². The monoisotopic (exact) mass is 400 g/mol. The van der Waals surface area contributed by atoms with Gasteiger partial charge in [-0.05, 0) is 67.9 Å². The van der Waals surface area contributed by atoms with Crippen LogP contribution >= 0.6 is 0 Å². The predicted octanol–water partition coefficient (Wildman–Crippen LogP) is 5.04. The first-order chi connectivity index (χ1) is 14.7. The summed E-state index contributed by atoms with van der Waals surface area (Å²) < 4.78 is 2.36. The van der Waals surface area contributed by atoms with Crippen LogP contribution in [0, 0.1) is 5.92 Å². The molecule has 2 atom stereocenters. The Bertz CT molecular complexity index is 1180. The lowest BCUT2D eigenvalue weighted by molar-refractivity contribution is 0.461. The molecular weight excluding hydrogens is 372 g/mol. The lowest BCUT2D eigenvalue weighted by atomic mass is 9.97. The molecule has 1 saturated carbocycles. The Morgan fingerprint density at radius 3 is 2.80 bits per heavy atom. The predicted molar refractivity (Wildman–Crippen MR) is 123 cm³/mol. The summed E-state index contributed by atoms with van der Waals surface area (Å²) in [6, 6.07) is 13.5. The van der Waals surface area contributed by atoms with Crippen molar-refractivity contribution in [1.29, 1.82) is 0 Å². The number of hydrogen-bond donors (Lipinski definition) is 2. The van der Waals surface area contributed by atoms with E-state index in [9.17, 15) is 0 Å². The van der Waals surface area contributed by atoms with Gasteiger partial charge in [0, 0.05) is 31.7 Å². The number of benzene rings is 1. The van der Waals surface area contributed by atoms with Crippen LogP contribution in [0.2, 0.25) is 0 Å². The third-order valence-corrected chi connectivity index (χ3v) is 6.51. The molecule has 0 bridgehead atoms. The average molecular weight is 401 g/mol. The maximum Gasteiger partial charge on any atom is 0.145 e. The van der Waals surface area contributed by atoms with Crippen molar-refractivity contribution in [1.82, 2.24) is 19.5 Å². The average Bonchev–Trinajstić information content (AvgIpc) is 3.43. The second kappa shape index (κ2) is 7.94. The number of nitrogens with one attached hydrogen (secondary N) is 2. The van der Waals surface area contributed by atoms with Gasteiger partial charge in [0.05, 0.1) is 10.9 Å². The van der Waals surface area contributed by atoms with Crippen LogP contribution in [-0.4, -0.2) is 33.6 Å². The van der Waals surface area contributed by atoms with Gasteiger partial charge in [-0.15, -0.1) is 0 Å². The Balaban J connectivity index is 1.26. The van der Waals surface area contributed by atoms with Crippen molar-refractivity contribution >= 4 is 33.6 Å². The Kier molecular flexibility index (Phi) is 4.99. The van der Waals surface area contributed by atoms with Crippen molar-refractivity contribution in [2.75, 3.05) is 24.7 Å². The number of fused-ring (bicyclic) bond motifs is 2. The van der Waals surface area contributed by atoms with Gasteiger partial charge in [0.1, 0.15) is 23.6 Å². The zero-order valence-electron chi connectivity index (χ0n) is 17.6. The largest absolute Gasteiger partial charge is 0.373 e. The highest BCUT2D eigenvalue weighted by molar-refractivity contribution is 5.87. The van der Waals surface area contributed by atoms with Gasteiger partial charge in [0.25, 0.3) is 0 Å². The molecule has 3 heterocycles. The number of rotatable bonds is 6. The maximum atomic E-state index is 4.69. The van der Waals surface area contributed by atoms with E-state index in [-0.39, 0.29) is 0 Å². The van der Waals surface area contributed by atoms with Gasteiger partial charge in [-0.1, -0.05) is 12.1 Å². The smallest absolute Gasteiger partial charge is 0.145 e. The van der Waals surface area contributed by atoms with E-state index >= 15 is 0 Å². The molecule has 0 spiro atoms. The number of nitrogens with zero attached hydrogens (tertiary/aromatic N) is 4. The van der Waals surface area contributed by atoms with Gasteiger partial charge in [0.15, 0.2) is 0 Å². The summed E-state index contributed by atoms with van der Waals surface area (Å²) in [5, 5.41) is 8.59. The quantitative estimate of drug-likeness (QED) is 0.475. The van der Waals surface area contributed by atoms with Gasteiger partial charge in [0.2, 0.25) is 0 Å². The fourth-order valence-corrected chi connectivity index (χ4v) is 4.86. The van der Waals surface area contributed by atoms with E-state index < -0.39 is 0 Å². The lowest BCUT2D eigenvalue weighted by Crippen LogP contribution is -2.06. The first-order valence-electron chi connectivity index (χ1n) is 10.8. The van der Waals surface area contributed by atoms with Crippen molar-refractivity contribution in [3.05, 3.63) is 54.5 Å². The van der Waals surface area contributed by atoms with Crippen LogP contribution in [0.25, 0.3) is 21.9 Å². The molecule has 1 aliphatic carbocycles. The number of anilines is 2. The summed E-state index contributed by atoms with van der Waals surface area (Å²) in [5.74, 6) is 2.58. The van der Waals surface area contributed by atoms with Crippen LogP contribution in [0.1, 0.15) is 37.3 Å². The van der Waals surface area contributed by atoms with Gasteiger partial charge in [-0.2, -0.15) is 0 Å². The highest BCUT2D eigenvalue weighted by Gasteiger charge is 2.27. The molecule has 4 aromatic rings. The van der Waals surface area contributed by atoms with Gasteiger partial charge < -0.3 is 15.2 Å². The molecular formula is C24H28N6. The molecule has 0 radical (unpaired) electrons. The third-order valence-electron chi connectivity index (χ3n) is 6.51. The fraction of sp³-hybridized carbons (Fsp3) is 0.375. The summed E-state index contributed by atoms with van der Waals surface area (Å²) >= 11 is 0. The summed E-state index contributed by atoms with van der Waals surface area (Å²) in [7, 11) is 3.82. The minimum Gasteiger partial charge on any atom is -0.373 e. The highest BCUT2D eigenvalue weighted by atomic mass is 15.1. The van der Waals surface area contributed by atoms with E-state index in [4.69, 9.17) is 4.98 Å². The molecule has 1 fully saturated rings. The van der Waals surface area contributed by atoms with Crippen molar-refractivity contribution in [2.45, 2.75) is 38.1 Å². The fourth-order valence-electron chi connectivity index (χ4n) is 4.86. The molecule has 0 unspecified atom stereocenters. The first kappa shape index (κ1) is 18.9. The molecule has 0 aliphatic heterocycles. The second-order valence-corrected chi connectivity index (χ2v) is 8.28. The zero-order chi connectivity index (χ0) is 20.5. The SMILES string of the molecule is CNc1ccc2ccc(CC[C@@H]3CC[C@H](n4ccc5c(NC)ncnc54)C3)cc2n1. The Labute approximate surface area is 176 Å². The molecule has 1 aliphatic rings. The lowest BCUT2D eigenvalue weighted by Gasteiger charge is -2.15. The minimum atomic E-state index is 0.531. The number of hydrogen-bond acceptors (Lipinski definition) is 5. The third kappa shape index (κ3) is 3.47. The van der Waals surface area contributed by atoms with Gasteiger partial charge in [-0.3, -0.25) is 0 Å². The molecule has 6 heteroatoms. The number of aryl methyl sites for hydroxylation is 1. The molecule has 5 rings (SSSR count). The molecule has 6 nitrogen and oxygen atoms in total. The van der Waals surface area contributed by atoms with E-state index in [0.29, 0.717) is 6.04 Å². The second-order valence-electron chi connectivity index (χ2n) is 8.28. The Morgan fingerprint density at radius 1 is 1.03 bits per heavy atom. The molecule has 0 amide bonds. The Hall–Kier alpha value is -3.15. The van der Waals surface area contributed by atoms with Crippen LogP contribution in [-0.2, 0) is 6.42 Å². The number of aromatic nitrogens is 4. The summed E-state index contributed by atoms with van der Waals surface area (Å²) in [6.07, 6.45) is 9.90. The van der Waals surface area contributed by atoms with E-state index in [1.807, 2.05) is 20.2 Å². The topological polar surface area (TPSA) is 67.7 Å². The highest BCUT2D eigenvalue weighted by Crippen LogP contribution is 2.39. The van der Waals surface area contributed by atoms with Crippen molar-refractivity contribution in [2.24, 2.45) is 5.92 Å². The molecule has 3 aromatic heterocycles. The van der Waals surface area contributed by atoms with E-state index in [1.54, 1.807) is 6.33 Å². The summed E-state index contributed by atoms with van der Waals surface area (Å²) in [6.45, 7) is 0. The van der Waals surface area contributed by atoms with Crippen molar-refractivity contribution in [3.8, 4) is 0 Å². The van der Waals surface area contributed by atoms with E-state index in [0.717, 1.165) is 40.5 Å². The Morgan fingerprint density at radius 2 is 1.93 bits per heavy atom. The summed E-state index contributed by atoms with van der Waals surface area (Å²) in [4.78, 5) is 13.6. The standard InChI is InChI=1S/C24H28N6/c1-25-22-10-8-18-7-5-17(14-21(18)29-22)4-3-16-6-9-19(13-16)30-12-11-20-23(26-2)27-15-28-24(20)30/h5,7-8,10-12,14-16,19H,3-4,6,9,13H2,1-2H3,(H,25,29)(H,26,27,28)/t16-,19+/m1/s1. The molecule has 2 N–H and O–H groups in total. The molecule has 1 aromatic carbocycles. The van der Waals surface area contributed by atoms with E-state index in [1.165, 1.54) is 36.6 Å². The van der Waals surface area contributed by atoms with Crippen LogP contribution in [0.15, 0.2) is 48.9 Å². The maximum absolute atomic E-state index is 4.69. The van der Waals surface area contributed by atoms with Crippen LogP contribution in [0.3, 0.4) is 0 Å². The van der Waals surface area contributed by atoms with Gasteiger partial charge in [-0.25, -0.2) is 15.0 Å². The first-order valence-corrected chi connectivity index (χ1v) is 10.8. The molecule has 30 heavy (non-hydrogen) atoms. The number of pyridine rings is 1. The zero-order valence-corrected chi connectivity index (χ0v) is 17.6. The van der Waals surface area contributed by atoms with Crippen LogP contribution < -0.4 is 10.6 Å². The summed E-state index contributed by atoms with van der Waals surface area (Å²) in [5.41, 5.74) is 3.49. The van der Waals surface area contributed by atoms with Crippen LogP contribution in [0.4, 0.5) is 11.6 Å². The molecule has 0 saturated heterocycles. The van der Waals surface area contributed by atoms with Crippen molar-refractivity contribution < 1.29 is 0 Å². The van der Waals surface area contributed by atoms with Gasteiger partial charge >= 0.3 is 0 Å².